The maximum absolute atomic E-state index is 13.0. The smallest absolute Gasteiger partial charge is 0.332 e. The highest BCUT2D eigenvalue weighted by atomic mass is 35.5. The molecule has 8 nitrogen and oxygen atoms in total. The monoisotopic (exact) mass is 391 g/mol. The standard InChI is InChI=1S/C18H22ClN5O3/c1-11(8-9-25)20-17-21-15-14(22(17)2)16(26)24(18(27)23(15)3)10-12-6-4-5-7-13(12)19/h4-7,11,25H,8-10H2,1-3H3,(H,20,21). The summed E-state index contributed by atoms with van der Waals surface area (Å²) in [5.74, 6) is 0.466. The van der Waals surface area contributed by atoms with Gasteiger partial charge in [0.1, 0.15) is 0 Å². The second-order valence-corrected chi connectivity index (χ2v) is 6.96. The maximum Gasteiger partial charge on any atom is 0.332 e. The number of benzene rings is 1. The molecule has 0 saturated heterocycles. The van der Waals surface area contributed by atoms with E-state index in [1.54, 1.807) is 36.9 Å². The van der Waals surface area contributed by atoms with Gasteiger partial charge in [-0.05, 0) is 25.0 Å². The van der Waals surface area contributed by atoms with Crippen molar-refractivity contribution in [1.82, 2.24) is 18.7 Å². The summed E-state index contributed by atoms with van der Waals surface area (Å²) < 4.78 is 4.15. The van der Waals surface area contributed by atoms with E-state index in [0.717, 1.165) is 4.57 Å². The Morgan fingerprint density at radius 2 is 1.93 bits per heavy atom. The Kier molecular flexibility index (Phi) is 5.38. The fourth-order valence-electron chi connectivity index (χ4n) is 3.00. The molecule has 1 aromatic carbocycles. The summed E-state index contributed by atoms with van der Waals surface area (Å²) >= 11 is 6.19. The van der Waals surface area contributed by atoms with E-state index in [1.807, 2.05) is 13.0 Å². The van der Waals surface area contributed by atoms with Gasteiger partial charge in [-0.3, -0.25) is 13.9 Å². The van der Waals surface area contributed by atoms with Crippen LogP contribution in [0.25, 0.3) is 11.2 Å². The van der Waals surface area contributed by atoms with Gasteiger partial charge in [0.25, 0.3) is 5.56 Å². The number of aliphatic hydroxyl groups excluding tert-OH is 1. The van der Waals surface area contributed by atoms with Gasteiger partial charge in [-0.1, -0.05) is 29.8 Å². The van der Waals surface area contributed by atoms with Crippen molar-refractivity contribution in [2.24, 2.45) is 14.1 Å². The second-order valence-electron chi connectivity index (χ2n) is 6.55. The first-order valence-corrected chi connectivity index (χ1v) is 9.00. The highest BCUT2D eigenvalue weighted by molar-refractivity contribution is 6.31. The number of hydrogen-bond donors (Lipinski definition) is 2. The third-order valence-electron chi connectivity index (χ3n) is 4.58. The lowest BCUT2D eigenvalue weighted by molar-refractivity contribution is 0.282. The van der Waals surface area contributed by atoms with Gasteiger partial charge in [-0.2, -0.15) is 4.98 Å². The summed E-state index contributed by atoms with van der Waals surface area (Å²) in [6.07, 6.45) is 0.541. The number of fused-ring (bicyclic) bond motifs is 1. The third-order valence-corrected chi connectivity index (χ3v) is 4.95. The van der Waals surface area contributed by atoms with Crippen LogP contribution >= 0.6 is 11.6 Å². The minimum absolute atomic E-state index is 0.0344. The van der Waals surface area contributed by atoms with Crippen molar-refractivity contribution in [3.05, 3.63) is 55.7 Å². The first-order valence-electron chi connectivity index (χ1n) is 8.62. The molecule has 27 heavy (non-hydrogen) atoms. The Morgan fingerprint density at radius 1 is 1.22 bits per heavy atom. The molecule has 2 N–H and O–H groups in total. The van der Waals surface area contributed by atoms with Crippen LogP contribution in [0.3, 0.4) is 0 Å². The third kappa shape index (κ3) is 3.50. The first kappa shape index (κ1) is 19.2. The fraction of sp³-hybridized carbons (Fsp3) is 0.389. The van der Waals surface area contributed by atoms with Gasteiger partial charge < -0.3 is 15.0 Å². The molecule has 0 bridgehead atoms. The molecule has 1 atom stereocenters. The van der Waals surface area contributed by atoms with Gasteiger partial charge >= 0.3 is 5.69 Å². The van der Waals surface area contributed by atoms with Gasteiger partial charge in [-0.15, -0.1) is 0 Å². The zero-order chi connectivity index (χ0) is 19.7. The van der Waals surface area contributed by atoms with Crippen LogP contribution in [0.15, 0.2) is 33.9 Å². The number of aryl methyl sites for hydroxylation is 2. The van der Waals surface area contributed by atoms with Crippen LogP contribution in [0.2, 0.25) is 5.02 Å². The normalized spacial score (nSPS) is 12.5. The van der Waals surface area contributed by atoms with Crippen LogP contribution in [0.5, 0.6) is 0 Å². The zero-order valence-corrected chi connectivity index (χ0v) is 16.2. The molecule has 0 saturated carbocycles. The number of aromatic nitrogens is 4. The Morgan fingerprint density at radius 3 is 2.59 bits per heavy atom. The molecule has 0 fully saturated rings. The van der Waals surface area contributed by atoms with Crippen LogP contribution in [-0.2, 0) is 20.6 Å². The van der Waals surface area contributed by atoms with E-state index in [4.69, 9.17) is 16.7 Å². The van der Waals surface area contributed by atoms with Gasteiger partial charge in [0.2, 0.25) is 5.95 Å². The summed E-state index contributed by atoms with van der Waals surface area (Å²) in [6, 6.07) is 7.07. The van der Waals surface area contributed by atoms with E-state index >= 15 is 0 Å². The van der Waals surface area contributed by atoms with E-state index in [-0.39, 0.29) is 19.2 Å². The zero-order valence-electron chi connectivity index (χ0n) is 15.4. The van der Waals surface area contributed by atoms with Crippen molar-refractivity contribution in [3.8, 4) is 0 Å². The predicted octanol–water partition coefficient (Wildman–Crippen LogP) is 1.32. The number of halogens is 1. The Labute approximate surface area is 160 Å². The molecule has 0 aliphatic rings. The number of rotatable bonds is 6. The number of nitrogens with zero attached hydrogens (tertiary/aromatic N) is 4. The van der Waals surface area contributed by atoms with Gasteiger partial charge in [0, 0.05) is 31.8 Å². The van der Waals surface area contributed by atoms with Crippen molar-refractivity contribution in [2.45, 2.75) is 25.9 Å². The molecular formula is C18H22ClN5O3. The average molecular weight is 392 g/mol. The van der Waals surface area contributed by atoms with E-state index in [1.165, 1.54) is 4.57 Å². The van der Waals surface area contributed by atoms with Gasteiger partial charge in [0.05, 0.1) is 6.54 Å². The van der Waals surface area contributed by atoms with Crippen LogP contribution in [-0.4, -0.2) is 36.4 Å². The number of anilines is 1. The van der Waals surface area contributed by atoms with Crippen LogP contribution in [0.4, 0.5) is 5.95 Å². The lowest BCUT2D eigenvalue weighted by atomic mass is 10.2. The molecule has 3 aromatic rings. The molecule has 0 amide bonds. The largest absolute Gasteiger partial charge is 0.396 e. The van der Waals surface area contributed by atoms with Crippen LogP contribution in [0.1, 0.15) is 18.9 Å². The quantitative estimate of drug-likeness (QED) is 0.661. The minimum Gasteiger partial charge on any atom is -0.396 e. The van der Waals surface area contributed by atoms with Crippen molar-refractivity contribution >= 4 is 28.7 Å². The van der Waals surface area contributed by atoms with Gasteiger partial charge in [0.15, 0.2) is 11.2 Å². The predicted molar refractivity (Wildman–Crippen MR) is 106 cm³/mol. The molecule has 0 aliphatic carbocycles. The molecule has 0 spiro atoms. The second kappa shape index (κ2) is 7.58. The highest BCUT2D eigenvalue weighted by Gasteiger charge is 2.19. The number of hydrogen-bond acceptors (Lipinski definition) is 5. The fourth-order valence-corrected chi connectivity index (χ4v) is 3.19. The first-order chi connectivity index (χ1) is 12.8. The maximum atomic E-state index is 13.0. The SMILES string of the molecule is CC(CCO)Nc1nc2c(c(=O)n(Cc3ccccc3Cl)c(=O)n2C)n1C. The minimum atomic E-state index is -0.458. The number of nitrogens with one attached hydrogen (secondary N) is 1. The molecule has 0 aliphatic heterocycles. The molecule has 2 aromatic heterocycles. The summed E-state index contributed by atoms with van der Waals surface area (Å²) in [5.41, 5.74) is 0.436. The summed E-state index contributed by atoms with van der Waals surface area (Å²) in [4.78, 5) is 30.2. The molecule has 2 heterocycles. The Balaban J connectivity index is 2.15. The van der Waals surface area contributed by atoms with E-state index < -0.39 is 11.2 Å². The van der Waals surface area contributed by atoms with E-state index in [0.29, 0.717) is 34.1 Å². The van der Waals surface area contributed by atoms with Crippen LogP contribution in [0, 0.1) is 0 Å². The van der Waals surface area contributed by atoms with Crippen LogP contribution < -0.4 is 16.6 Å². The lowest BCUT2D eigenvalue weighted by Crippen LogP contribution is -2.39. The highest BCUT2D eigenvalue weighted by Crippen LogP contribution is 2.17. The van der Waals surface area contributed by atoms with E-state index in [2.05, 4.69) is 10.3 Å². The topological polar surface area (TPSA) is 94.1 Å². The number of imidazole rings is 1. The Bertz CT molecular complexity index is 1100. The van der Waals surface area contributed by atoms with Crippen molar-refractivity contribution in [3.63, 3.8) is 0 Å². The average Bonchev–Trinajstić information content (AvgIpc) is 2.95. The van der Waals surface area contributed by atoms with E-state index in [9.17, 15) is 9.59 Å². The lowest BCUT2D eigenvalue weighted by Gasteiger charge is -2.12. The molecule has 3 rings (SSSR count). The molecule has 144 valence electrons. The number of aliphatic hydroxyl groups is 1. The van der Waals surface area contributed by atoms with Crippen molar-refractivity contribution < 1.29 is 5.11 Å². The molecular weight excluding hydrogens is 370 g/mol. The summed E-state index contributed by atoms with van der Waals surface area (Å²) in [6.45, 7) is 2.03. The summed E-state index contributed by atoms with van der Waals surface area (Å²) in [5, 5.41) is 12.7. The van der Waals surface area contributed by atoms with Gasteiger partial charge in [-0.25, -0.2) is 4.79 Å². The molecule has 9 heteroatoms. The van der Waals surface area contributed by atoms with Crippen molar-refractivity contribution in [1.29, 1.82) is 0 Å². The Hall–Kier alpha value is -2.58. The molecule has 0 radical (unpaired) electrons. The van der Waals surface area contributed by atoms with Crippen molar-refractivity contribution in [2.75, 3.05) is 11.9 Å². The molecule has 1 unspecified atom stereocenters. The summed E-state index contributed by atoms with van der Waals surface area (Å²) in [7, 11) is 3.30.